The zero-order chi connectivity index (χ0) is 8.23. The van der Waals surface area contributed by atoms with Crippen LogP contribution < -0.4 is 0 Å². The van der Waals surface area contributed by atoms with E-state index in [0.717, 1.165) is 26.3 Å². The molecule has 0 aliphatic carbocycles. The van der Waals surface area contributed by atoms with Crippen molar-refractivity contribution in [3.05, 3.63) is 24.1 Å². The molecular weight excluding hydrogens is 154 g/mol. The summed E-state index contributed by atoms with van der Waals surface area (Å²) in [6.45, 7) is 4.29. The molecule has 3 heteroatoms. The van der Waals surface area contributed by atoms with Crippen LogP contribution >= 0.6 is 0 Å². The molecule has 1 saturated heterocycles. The molecule has 0 spiro atoms. The molecule has 2 heterocycles. The molecule has 0 amide bonds. The van der Waals surface area contributed by atoms with E-state index >= 15 is 0 Å². The minimum Gasteiger partial charge on any atom is -0.495 e. The van der Waals surface area contributed by atoms with Gasteiger partial charge in [0.1, 0.15) is 12.9 Å². The van der Waals surface area contributed by atoms with Crippen LogP contribution in [-0.4, -0.2) is 37.8 Å². The molecule has 0 unspecified atom stereocenters. The lowest BCUT2D eigenvalue weighted by molar-refractivity contribution is 0.0531. The van der Waals surface area contributed by atoms with Gasteiger partial charge in [-0.05, 0) is 12.2 Å². The molecular formula is C9H13NO2. The van der Waals surface area contributed by atoms with Crippen LogP contribution in [0.3, 0.4) is 0 Å². The van der Waals surface area contributed by atoms with Gasteiger partial charge in [-0.25, -0.2) is 0 Å². The van der Waals surface area contributed by atoms with Gasteiger partial charge in [0.25, 0.3) is 0 Å². The quantitative estimate of drug-likeness (QED) is 0.575. The van der Waals surface area contributed by atoms with Crippen molar-refractivity contribution in [1.29, 1.82) is 0 Å². The highest BCUT2D eigenvalue weighted by Crippen LogP contribution is 2.11. The van der Waals surface area contributed by atoms with E-state index in [1.54, 1.807) is 0 Å². The van der Waals surface area contributed by atoms with E-state index in [0.29, 0.717) is 6.61 Å². The maximum Gasteiger partial charge on any atom is 0.107 e. The van der Waals surface area contributed by atoms with E-state index < -0.39 is 0 Å². The van der Waals surface area contributed by atoms with Crippen LogP contribution in [0.4, 0.5) is 0 Å². The highest BCUT2D eigenvalue weighted by Gasteiger charge is 2.12. The number of nitrogens with zero attached hydrogens (tertiary/aromatic N) is 1. The summed E-state index contributed by atoms with van der Waals surface area (Å²) in [4.78, 5) is 2.28. The molecule has 0 bridgehead atoms. The molecule has 0 N–H and O–H groups in total. The molecule has 0 aromatic rings. The Hall–Kier alpha value is -0.960. The van der Waals surface area contributed by atoms with Gasteiger partial charge < -0.3 is 14.4 Å². The van der Waals surface area contributed by atoms with E-state index in [1.165, 1.54) is 5.70 Å². The Bertz CT molecular complexity index is 205. The summed E-state index contributed by atoms with van der Waals surface area (Å²) in [5, 5.41) is 0. The number of rotatable bonds is 1. The van der Waals surface area contributed by atoms with Gasteiger partial charge in [-0.2, -0.15) is 0 Å². The first-order valence-corrected chi connectivity index (χ1v) is 4.28. The van der Waals surface area contributed by atoms with Crippen LogP contribution in [0.25, 0.3) is 0 Å². The lowest BCUT2D eigenvalue weighted by Gasteiger charge is -2.30. The Morgan fingerprint density at radius 2 is 2.08 bits per heavy atom. The van der Waals surface area contributed by atoms with Gasteiger partial charge in [0.05, 0.1) is 18.9 Å². The summed E-state index contributed by atoms with van der Waals surface area (Å²) in [6, 6.07) is 0. The third-order valence-electron chi connectivity index (χ3n) is 2.06. The fourth-order valence-electron chi connectivity index (χ4n) is 1.40. The summed E-state index contributed by atoms with van der Waals surface area (Å²) < 4.78 is 10.5. The highest BCUT2D eigenvalue weighted by atomic mass is 16.5. The first-order chi connectivity index (χ1) is 5.97. The predicted molar refractivity (Wildman–Crippen MR) is 45.6 cm³/mol. The van der Waals surface area contributed by atoms with E-state index in [-0.39, 0.29) is 0 Å². The standard InChI is InChI=1S/C9H13NO2/c1-2-9(8-12-5-1)10-3-6-11-7-4-10/h1-2,8H,3-7H2. The highest BCUT2D eigenvalue weighted by molar-refractivity contribution is 5.18. The Balaban J connectivity index is 1.97. The van der Waals surface area contributed by atoms with Crippen molar-refractivity contribution in [3.8, 4) is 0 Å². The minimum absolute atomic E-state index is 0.702. The lowest BCUT2D eigenvalue weighted by Crippen LogP contribution is -2.35. The van der Waals surface area contributed by atoms with E-state index in [9.17, 15) is 0 Å². The summed E-state index contributed by atoms with van der Waals surface area (Å²) in [7, 11) is 0. The maximum atomic E-state index is 5.26. The molecule has 0 atom stereocenters. The summed E-state index contributed by atoms with van der Waals surface area (Å²) in [6.07, 6.45) is 5.96. The Labute approximate surface area is 72.3 Å². The summed E-state index contributed by atoms with van der Waals surface area (Å²) >= 11 is 0. The largest absolute Gasteiger partial charge is 0.495 e. The van der Waals surface area contributed by atoms with E-state index in [4.69, 9.17) is 9.47 Å². The van der Waals surface area contributed by atoms with E-state index in [1.807, 2.05) is 12.3 Å². The molecule has 2 aliphatic heterocycles. The summed E-state index contributed by atoms with van der Waals surface area (Å²) in [5.74, 6) is 0. The van der Waals surface area contributed by atoms with Crippen LogP contribution in [0.15, 0.2) is 24.1 Å². The average Bonchev–Trinajstić information content (AvgIpc) is 2.21. The second-order valence-corrected chi connectivity index (χ2v) is 2.88. The van der Waals surface area contributed by atoms with Crippen molar-refractivity contribution in [2.45, 2.75) is 0 Å². The average molecular weight is 167 g/mol. The first-order valence-electron chi connectivity index (χ1n) is 4.28. The molecule has 12 heavy (non-hydrogen) atoms. The Kier molecular flexibility index (Phi) is 2.32. The van der Waals surface area contributed by atoms with Crippen LogP contribution in [-0.2, 0) is 9.47 Å². The third kappa shape index (κ3) is 1.61. The summed E-state index contributed by atoms with van der Waals surface area (Å²) in [5.41, 5.74) is 1.17. The number of morpholine rings is 1. The van der Waals surface area contributed by atoms with Gasteiger partial charge in [-0.15, -0.1) is 0 Å². The van der Waals surface area contributed by atoms with Crippen molar-refractivity contribution in [2.24, 2.45) is 0 Å². The second kappa shape index (κ2) is 3.63. The van der Waals surface area contributed by atoms with Crippen molar-refractivity contribution in [2.75, 3.05) is 32.9 Å². The predicted octanol–water partition coefficient (Wildman–Crippen LogP) is 0.746. The SMILES string of the molecule is C1=CC(N2CCOCC2)=COC1. The van der Waals surface area contributed by atoms with Crippen molar-refractivity contribution < 1.29 is 9.47 Å². The van der Waals surface area contributed by atoms with Gasteiger partial charge in [0.15, 0.2) is 0 Å². The Morgan fingerprint density at radius 3 is 2.75 bits per heavy atom. The van der Waals surface area contributed by atoms with Gasteiger partial charge in [0, 0.05) is 13.1 Å². The monoisotopic (exact) mass is 167 g/mol. The number of ether oxygens (including phenoxy) is 2. The fourth-order valence-corrected chi connectivity index (χ4v) is 1.40. The molecule has 0 aromatic carbocycles. The topological polar surface area (TPSA) is 21.7 Å². The van der Waals surface area contributed by atoms with Crippen LogP contribution in [0.2, 0.25) is 0 Å². The fraction of sp³-hybridized carbons (Fsp3) is 0.556. The zero-order valence-corrected chi connectivity index (χ0v) is 7.03. The first kappa shape index (κ1) is 7.68. The van der Waals surface area contributed by atoms with Gasteiger partial charge in [-0.3, -0.25) is 0 Å². The van der Waals surface area contributed by atoms with Crippen LogP contribution in [0.5, 0.6) is 0 Å². The number of hydrogen-bond donors (Lipinski definition) is 0. The van der Waals surface area contributed by atoms with Crippen LogP contribution in [0, 0.1) is 0 Å². The van der Waals surface area contributed by atoms with Gasteiger partial charge in [-0.1, -0.05) is 0 Å². The molecule has 2 aliphatic rings. The Morgan fingerprint density at radius 1 is 1.25 bits per heavy atom. The van der Waals surface area contributed by atoms with E-state index in [2.05, 4.69) is 11.0 Å². The smallest absolute Gasteiger partial charge is 0.107 e. The molecule has 66 valence electrons. The lowest BCUT2D eigenvalue weighted by atomic mass is 10.3. The molecule has 3 nitrogen and oxygen atoms in total. The van der Waals surface area contributed by atoms with Crippen LogP contribution in [0.1, 0.15) is 0 Å². The molecule has 1 fully saturated rings. The zero-order valence-electron chi connectivity index (χ0n) is 7.03. The normalized spacial score (nSPS) is 23.3. The van der Waals surface area contributed by atoms with Crippen molar-refractivity contribution in [1.82, 2.24) is 4.90 Å². The number of allylic oxidation sites excluding steroid dienone is 1. The third-order valence-corrected chi connectivity index (χ3v) is 2.06. The molecule has 0 saturated carbocycles. The van der Waals surface area contributed by atoms with Gasteiger partial charge in [0.2, 0.25) is 0 Å². The van der Waals surface area contributed by atoms with Crippen molar-refractivity contribution >= 4 is 0 Å². The molecule has 2 rings (SSSR count). The number of hydrogen-bond acceptors (Lipinski definition) is 3. The molecule has 0 aromatic heterocycles. The van der Waals surface area contributed by atoms with Gasteiger partial charge >= 0.3 is 0 Å². The maximum absolute atomic E-state index is 5.26. The minimum atomic E-state index is 0.702. The second-order valence-electron chi connectivity index (χ2n) is 2.88. The molecule has 0 radical (unpaired) electrons. The van der Waals surface area contributed by atoms with Crippen molar-refractivity contribution in [3.63, 3.8) is 0 Å².